The van der Waals surface area contributed by atoms with Crippen LogP contribution in [0.3, 0.4) is 0 Å². The first-order valence-corrected chi connectivity index (χ1v) is 7.01. The van der Waals surface area contributed by atoms with Crippen LogP contribution in [0.15, 0.2) is 24.3 Å². The minimum Gasteiger partial charge on any atom is -0.346 e. The Morgan fingerprint density at radius 3 is 2.05 bits per heavy atom. The van der Waals surface area contributed by atoms with Crippen LogP contribution in [-0.4, -0.2) is 48.7 Å². The Hall–Kier alpha value is -2.21. The Morgan fingerprint density at radius 2 is 1.59 bits per heavy atom. The number of carbonyl (C=O) groups is 3. The summed E-state index contributed by atoms with van der Waals surface area (Å²) in [6.07, 6.45) is 0. The highest BCUT2D eigenvalue weighted by atomic mass is 16.2. The van der Waals surface area contributed by atoms with Crippen molar-refractivity contribution in [3.05, 3.63) is 29.8 Å². The number of hydrogen-bond acceptors (Lipinski definition) is 4. The molecular formula is C16H23N3O3. The summed E-state index contributed by atoms with van der Waals surface area (Å²) in [7, 11) is 3.81. The number of benzene rings is 1. The smallest absolute Gasteiger partial charge is 0.313 e. The van der Waals surface area contributed by atoms with Gasteiger partial charge in [0.25, 0.3) is 0 Å². The van der Waals surface area contributed by atoms with Crippen LogP contribution < -0.4 is 10.6 Å². The largest absolute Gasteiger partial charge is 0.346 e. The molecule has 1 rings (SSSR count). The average Bonchev–Trinajstić information content (AvgIpc) is 2.45. The molecule has 0 aliphatic heterocycles. The van der Waals surface area contributed by atoms with Crippen molar-refractivity contribution in [3.63, 3.8) is 0 Å². The van der Waals surface area contributed by atoms with Crippen LogP contribution in [0.4, 0.5) is 5.69 Å². The van der Waals surface area contributed by atoms with E-state index in [9.17, 15) is 14.4 Å². The van der Waals surface area contributed by atoms with Crippen molar-refractivity contribution in [1.82, 2.24) is 10.2 Å². The van der Waals surface area contributed by atoms with Crippen LogP contribution in [0.1, 0.15) is 31.1 Å². The summed E-state index contributed by atoms with van der Waals surface area (Å²) in [5, 5.41) is 5.10. The van der Waals surface area contributed by atoms with E-state index in [1.807, 2.05) is 32.8 Å². The zero-order valence-electron chi connectivity index (χ0n) is 13.7. The number of carbonyl (C=O) groups excluding carboxylic acids is 3. The van der Waals surface area contributed by atoms with Crippen molar-refractivity contribution in [2.75, 3.05) is 26.0 Å². The fourth-order valence-corrected chi connectivity index (χ4v) is 1.51. The second-order valence-electron chi connectivity index (χ2n) is 5.98. The maximum atomic E-state index is 11.8. The molecule has 0 saturated carbocycles. The van der Waals surface area contributed by atoms with E-state index in [0.717, 1.165) is 0 Å². The molecule has 0 unspecified atom stereocenters. The van der Waals surface area contributed by atoms with Crippen molar-refractivity contribution in [2.45, 2.75) is 26.3 Å². The number of amides is 2. The number of hydrogen-bond donors (Lipinski definition) is 2. The summed E-state index contributed by atoms with van der Waals surface area (Å²) in [5.41, 5.74) is 0.770. The van der Waals surface area contributed by atoms with Crippen molar-refractivity contribution < 1.29 is 14.4 Å². The molecule has 0 aliphatic rings. The second-order valence-corrected chi connectivity index (χ2v) is 5.98. The normalized spacial score (nSPS) is 11.2. The van der Waals surface area contributed by atoms with Crippen LogP contribution >= 0.6 is 0 Å². The lowest BCUT2D eigenvalue weighted by atomic mass is 10.0. The van der Waals surface area contributed by atoms with Gasteiger partial charge in [-0.2, -0.15) is 0 Å². The minimum atomic E-state index is -0.731. The predicted molar refractivity (Wildman–Crippen MR) is 85.9 cm³/mol. The molecule has 0 aliphatic carbocycles. The molecule has 0 spiro atoms. The minimum absolute atomic E-state index is 0.0541. The molecule has 2 N–H and O–H groups in total. The van der Waals surface area contributed by atoms with Crippen LogP contribution in [0.25, 0.3) is 0 Å². The van der Waals surface area contributed by atoms with Gasteiger partial charge >= 0.3 is 11.8 Å². The SMILES string of the molecule is CC(=O)c1ccc(NC(=O)C(=O)NCC(C)(C)N(C)C)cc1. The molecule has 0 radical (unpaired) electrons. The van der Waals surface area contributed by atoms with Crippen molar-refractivity contribution >= 4 is 23.3 Å². The van der Waals surface area contributed by atoms with Gasteiger partial charge in [0.05, 0.1) is 0 Å². The molecule has 0 fully saturated rings. The van der Waals surface area contributed by atoms with E-state index in [-0.39, 0.29) is 11.3 Å². The Morgan fingerprint density at radius 1 is 1.05 bits per heavy atom. The monoisotopic (exact) mass is 305 g/mol. The highest BCUT2D eigenvalue weighted by molar-refractivity contribution is 6.39. The van der Waals surface area contributed by atoms with Crippen molar-refractivity contribution in [1.29, 1.82) is 0 Å². The van der Waals surface area contributed by atoms with Gasteiger partial charge in [-0.1, -0.05) is 0 Å². The lowest BCUT2D eigenvalue weighted by Gasteiger charge is -2.32. The van der Waals surface area contributed by atoms with E-state index in [1.165, 1.54) is 6.92 Å². The first-order valence-electron chi connectivity index (χ1n) is 7.01. The van der Waals surface area contributed by atoms with Crippen LogP contribution in [0.5, 0.6) is 0 Å². The maximum absolute atomic E-state index is 11.8. The molecule has 0 bridgehead atoms. The molecule has 0 heterocycles. The zero-order chi connectivity index (χ0) is 16.9. The molecule has 2 amide bonds. The third-order valence-corrected chi connectivity index (χ3v) is 3.65. The predicted octanol–water partition coefficient (Wildman–Crippen LogP) is 1.28. The van der Waals surface area contributed by atoms with Gasteiger partial charge < -0.3 is 15.5 Å². The van der Waals surface area contributed by atoms with E-state index in [0.29, 0.717) is 17.8 Å². The fourth-order valence-electron chi connectivity index (χ4n) is 1.51. The third-order valence-electron chi connectivity index (χ3n) is 3.65. The van der Waals surface area contributed by atoms with Gasteiger partial charge in [0.1, 0.15) is 0 Å². The Kier molecular flexibility index (Phi) is 5.82. The molecular weight excluding hydrogens is 282 g/mol. The van der Waals surface area contributed by atoms with Crippen molar-refractivity contribution in [3.8, 4) is 0 Å². The number of rotatable bonds is 5. The molecule has 1 aromatic carbocycles. The van der Waals surface area contributed by atoms with E-state index in [4.69, 9.17) is 0 Å². The Bertz CT molecular complexity index is 563. The third kappa shape index (κ3) is 4.96. The quantitative estimate of drug-likeness (QED) is 0.634. The van der Waals surface area contributed by atoms with Gasteiger partial charge in [-0.3, -0.25) is 14.4 Å². The molecule has 0 aromatic heterocycles. The van der Waals surface area contributed by atoms with Crippen LogP contribution in [-0.2, 0) is 9.59 Å². The highest BCUT2D eigenvalue weighted by Crippen LogP contribution is 2.10. The van der Waals surface area contributed by atoms with Crippen LogP contribution in [0.2, 0.25) is 0 Å². The standard InChI is InChI=1S/C16H23N3O3/c1-11(20)12-6-8-13(9-7-12)18-15(22)14(21)17-10-16(2,3)19(4)5/h6-9H,10H2,1-5H3,(H,17,21)(H,18,22). The van der Waals surface area contributed by atoms with E-state index in [1.54, 1.807) is 24.3 Å². The molecule has 0 saturated heterocycles. The highest BCUT2D eigenvalue weighted by Gasteiger charge is 2.23. The number of nitrogens with one attached hydrogen (secondary N) is 2. The number of anilines is 1. The summed E-state index contributed by atoms with van der Waals surface area (Å²) in [6.45, 7) is 5.75. The van der Waals surface area contributed by atoms with Gasteiger partial charge in [0, 0.05) is 23.3 Å². The second kappa shape index (κ2) is 7.17. The summed E-state index contributed by atoms with van der Waals surface area (Å²) < 4.78 is 0. The lowest BCUT2D eigenvalue weighted by molar-refractivity contribution is -0.136. The van der Waals surface area contributed by atoms with Crippen molar-refractivity contribution in [2.24, 2.45) is 0 Å². The van der Waals surface area contributed by atoms with Gasteiger partial charge in [-0.25, -0.2) is 0 Å². The summed E-state index contributed by atoms with van der Waals surface area (Å²) in [6, 6.07) is 6.38. The maximum Gasteiger partial charge on any atom is 0.313 e. The van der Waals surface area contributed by atoms with Gasteiger partial charge in [0.2, 0.25) is 0 Å². The van der Waals surface area contributed by atoms with Gasteiger partial charge in [0.15, 0.2) is 5.78 Å². The summed E-state index contributed by atoms with van der Waals surface area (Å²) in [5.74, 6) is -1.47. The number of likely N-dealkylation sites (N-methyl/N-ethyl adjacent to an activating group) is 1. The molecule has 1 aromatic rings. The fraction of sp³-hybridized carbons (Fsp3) is 0.438. The van der Waals surface area contributed by atoms with Gasteiger partial charge in [-0.15, -0.1) is 0 Å². The van der Waals surface area contributed by atoms with E-state index >= 15 is 0 Å². The summed E-state index contributed by atoms with van der Waals surface area (Å²) >= 11 is 0. The molecule has 6 nitrogen and oxygen atoms in total. The number of nitrogens with zero attached hydrogens (tertiary/aromatic N) is 1. The first kappa shape index (κ1) is 17.8. The van der Waals surface area contributed by atoms with E-state index < -0.39 is 11.8 Å². The first-order chi connectivity index (χ1) is 10.1. The number of Topliss-reactive ketones (excluding diaryl/α,β-unsaturated/α-hetero) is 1. The van der Waals surface area contributed by atoms with E-state index in [2.05, 4.69) is 10.6 Å². The number of ketones is 1. The molecule has 22 heavy (non-hydrogen) atoms. The molecule has 6 heteroatoms. The topological polar surface area (TPSA) is 78.5 Å². The van der Waals surface area contributed by atoms with Crippen LogP contribution in [0, 0.1) is 0 Å². The average molecular weight is 305 g/mol. The Balaban J connectivity index is 2.57. The lowest BCUT2D eigenvalue weighted by Crippen LogP contribution is -2.50. The van der Waals surface area contributed by atoms with Gasteiger partial charge in [-0.05, 0) is 59.1 Å². The molecule has 0 atom stereocenters. The Labute approximate surface area is 130 Å². The molecule has 120 valence electrons. The zero-order valence-corrected chi connectivity index (χ0v) is 13.7. The summed E-state index contributed by atoms with van der Waals surface area (Å²) in [4.78, 5) is 36.7.